The van der Waals surface area contributed by atoms with Gasteiger partial charge in [-0.2, -0.15) is 4.98 Å². The zero-order valence-electron chi connectivity index (χ0n) is 8.86. The van der Waals surface area contributed by atoms with Crippen LogP contribution >= 0.6 is 0 Å². The SMILES string of the molecule is COC(=O)c1cc(OC)nc2c1CC(=O)N2. The Hall–Kier alpha value is -2.11. The fraction of sp³-hybridized carbons (Fsp3) is 0.300. The van der Waals surface area contributed by atoms with Gasteiger partial charge in [0.15, 0.2) is 0 Å². The highest BCUT2D eigenvalue weighted by Crippen LogP contribution is 2.28. The molecule has 0 radical (unpaired) electrons. The normalized spacial score (nSPS) is 13.0. The van der Waals surface area contributed by atoms with Crippen molar-refractivity contribution in [3.63, 3.8) is 0 Å². The van der Waals surface area contributed by atoms with Gasteiger partial charge in [-0.05, 0) is 0 Å². The number of pyridine rings is 1. The number of hydrogen-bond donors (Lipinski definition) is 1. The van der Waals surface area contributed by atoms with Gasteiger partial charge in [0.25, 0.3) is 0 Å². The first-order chi connectivity index (χ1) is 7.65. The van der Waals surface area contributed by atoms with Crippen LogP contribution in [0.25, 0.3) is 0 Å². The molecule has 1 aliphatic heterocycles. The maximum absolute atomic E-state index is 11.5. The lowest BCUT2D eigenvalue weighted by Crippen LogP contribution is -2.06. The van der Waals surface area contributed by atoms with Gasteiger partial charge in [-0.3, -0.25) is 4.79 Å². The Morgan fingerprint density at radius 2 is 2.25 bits per heavy atom. The minimum absolute atomic E-state index is 0.136. The van der Waals surface area contributed by atoms with Gasteiger partial charge in [0, 0.05) is 11.6 Å². The van der Waals surface area contributed by atoms with Crippen LogP contribution in [0.1, 0.15) is 15.9 Å². The molecule has 6 heteroatoms. The van der Waals surface area contributed by atoms with E-state index < -0.39 is 5.97 Å². The number of rotatable bonds is 2. The highest BCUT2D eigenvalue weighted by molar-refractivity contribution is 6.03. The van der Waals surface area contributed by atoms with E-state index >= 15 is 0 Å². The third-order valence-electron chi connectivity index (χ3n) is 2.31. The van der Waals surface area contributed by atoms with Crippen LogP contribution in [0.2, 0.25) is 0 Å². The summed E-state index contributed by atoms with van der Waals surface area (Å²) in [6, 6.07) is 1.46. The lowest BCUT2D eigenvalue weighted by molar-refractivity contribution is -0.115. The van der Waals surface area contributed by atoms with E-state index in [0.29, 0.717) is 16.9 Å². The third kappa shape index (κ3) is 1.58. The maximum atomic E-state index is 11.5. The molecule has 0 atom stereocenters. The fourth-order valence-corrected chi connectivity index (χ4v) is 1.56. The molecule has 1 N–H and O–H groups in total. The zero-order valence-corrected chi connectivity index (χ0v) is 8.86. The van der Waals surface area contributed by atoms with Gasteiger partial charge in [0.2, 0.25) is 11.8 Å². The number of nitrogens with zero attached hydrogens (tertiary/aromatic N) is 1. The van der Waals surface area contributed by atoms with Crippen molar-refractivity contribution in [2.24, 2.45) is 0 Å². The largest absolute Gasteiger partial charge is 0.481 e. The Bertz CT molecular complexity index is 470. The van der Waals surface area contributed by atoms with Gasteiger partial charge in [-0.15, -0.1) is 0 Å². The molecule has 0 saturated carbocycles. The van der Waals surface area contributed by atoms with Crippen molar-refractivity contribution in [1.29, 1.82) is 0 Å². The number of fused-ring (bicyclic) bond motifs is 1. The minimum atomic E-state index is -0.506. The topological polar surface area (TPSA) is 77.5 Å². The van der Waals surface area contributed by atoms with E-state index in [4.69, 9.17) is 4.74 Å². The summed E-state index contributed by atoms with van der Waals surface area (Å²) in [6.45, 7) is 0. The van der Waals surface area contributed by atoms with Crippen molar-refractivity contribution in [2.45, 2.75) is 6.42 Å². The molecule has 6 nitrogen and oxygen atoms in total. The monoisotopic (exact) mass is 222 g/mol. The smallest absolute Gasteiger partial charge is 0.338 e. The molecular weight excluding hydrogens is 212 g/mol. The van der Waals surface area contributed by atoms with Crippen molar-refractivity contribution in [3.8, 4) is 5.88 Å². The van der Waals surface area contributed by atoms with Gasteiger partial charge >= 0.3 is 5.97 Å². The van der Waals surface area contributed by atoms with E-state index in [-0.39, 0.29) is 18.2 Å². The molecule has 0 unspecified atom stereocenters. The second-order valence-corrected chi connectivity index (χ2v) is 3.26. The maximum Gasteiger partial charge on any atom is 0.338 e. The summed E-state index contributed by atoms with van der Waals surface area (Å²) in [5, 5.41) is 2.55. The highest BCUT2D eigenvalue weighted by atomic mass is 16.5. The minimum Gasteiger partial charge on any atom is -0.481 e. The Kier molecular flexibility index (Phi) is 2.47. The molecule has 2 heterocycles. The fourth-order valence-electron chi connectivity index (χ4n) is 1.56. The lowest BCUT2D eigenvalue weighted by atomic mass is 10.1. The van der Waals surface area contributed by atoms with Crippen molar-refractivity contribution in [3.05, 3.63) is 17.2 Å². The van der Waals surface area contributed by atoms with E-state index in [1.165, 1.54) is 20.3 Å². The predicted octanol–water partition coefficient (Wildman–Crippen LogP) is 0.371. The Balaban J connectivity index is 2.55. The Morgan fingerprint density at radius 1 is 1.50 bits per heavy atom. The van der Waals surface area contributed by atoms with E-state index in [0.717, 1.165) is 0 Å². The molecule has 1 amide bonds. The van der Waals surface area contributed by atoms with Gasteiger partial charge in [0.1, 0.15) is 5.82 Å². The molecule has 84 valence electrons. The van der Waals surface area contributed by atoms with E-state index in [2.05, 4.69) is 15.0 Å². The molecule has 0 aromatic carbocycles. The van der Waals surface area contributed by atoms with Crippen molar-refractivity contribution < 1.29 is 19.1 Å². The first-order valence-corrected chi connectivity index (χ1v) is 4.61. The van der Waals surface area contributed by atoms with E-state index in [9.17, 15) is 9.59 Å². The number of ether oxygens (including phenoxy) is 2. The van der Waals surface area contributed by atoms with Crippen LogP contribution in [0.4, 0.5) is 5.82 Å². The van der Waals surface area contributed by atoms with Crippen LogP contribution < -0.4 is 10.1 Å². The molecule has 16 heavy (non-hydrogen) atoms. The average molecular weight is 222 g/mol. The number of nitrogens with one attached hydrogen (secondary N) is 1. The standard InChI is InChI=1S/C10H10N2O4/c1-15-8-4-6(10(14)16-2)5-3-7(13)11-9(5)12-8/h4H,3H2,1-2H3,(H,11,12,13). The number of aromatic nitrogens is 1. The summed E-state index contributed by atoms with van der Waals surface area (Å²) in [7, 11) is 2.72. The molecule has 1 aliphatic rings. The van der Waals surface area contributed by atoms with Crippen LogP contribution in [0.3, 0.4) is 0 Å². The van der Waals surface area contributed by atoms with Crippen LogP contribution in [-0.4, -0.2) is 31.1 Å². The summed E-state index contributed by atoms with van der Waals surface area (Å²) < 4.78 is 9.57. The average Bonchev–Trinajstić information content (AvgIpc) is 2.66. The molecule has 0 bridgehead atoms. The number of esters is 1. The second-order valence-electron chi connectivity index (χ2n) is 3.26. The summed E-state index contributed by atoms with van der Waals surface area (Å²) >= 11 is 0. The third-order valence-corrected chi connectivity index (χ3v) is 2.31. The van der Waals surface area contributed by atoms with Crippen LogP contribution in [-0.2, 0) is 16.0 Å². The summed E-state index contributed by atoms with van der Waals surface area (Å²) in [5.41, 5.74) is 0.861. The van der Waals surface area contributed by atoms with Crippen molar-refractivity contribution in [1.82, 2.24) is 4.98 Å². The van der Waals surface area contributed by atoms with Gasteiger partial charge < -0.3 is 14.8 Å². The quantitative estimate of drug-likeness (QED) is 0.731. The van der Waals surface area contributed by atoms with Gasteiger partial charge in [-0.25, -0.2) is 4.79 Å². The molecule has 1 aromatic heterocycles. The number of carbonyl (C=O) groups is 2. The van der Waals surface area contributed by atoms with Crippen LogP contribution in [0.15, 0.2) is 6.07 Å². The van der Waals surface area contributed by atoms with Crippen LogP contribution in [0.5, 0.6) is 5.88 Å². The molecule has 2 rings (SSSR count). The Morgan fingerprint density at radius 3 is 2.88 bits per heavy atom. The highest BCUT2D eigenvalue weighted by Gasteiger charge is 2.27. The Labute approximate surface area is 91.6 Å². The molecule has 0 spiro atoms. The van der Waals surface area contributed by atoms with Crippen LogP contribution in [0, 0.1) is 0 Å². The molecule has 0 saturated heterocycles. The number of hydrogen-bond acceptors (Lipinski definition) is 5. The summed E-state index contributed by atoms with van der Waals surface area (Å²) in [6.07, 6.45) is 0.136. The van der Waals surface area contributed by atoms with Gasteiger partial charge in [-0.1, -0.05) is 0 Å². The first kappa shape index (κ1) is 10.4. The summed E-state index contributed by atoms with van der Waals surface area (Å²) in [4.78, 5) is 26.8. The molecule has 0 fully saturated rings. The summed E-state index contributed by atoms with van der Waals surface area (Å²) in [5.74, 6) is -0.0690. The molecule has 0 aliphatic carbocycles. The van der Waals surface area contributed by atoms with Crippen molar-refractivity contribution in [2.75, 3.05) is 19.5 Å². The predicted molar refractivity (Wildman–Crippen MR) is 54.5 cm³/mol. The number of methoxy groups -OCH3 is 2. The zero-order chi connectivity index (χ0) is 11.7. The van der Waals surface area contributed by atoms with E-state index in [1.807, 2.05) is 0 Å². The van der Waals surface area contributed by atoms with Crippen molar-refractivity contribution >= 4 is 17.7 Å². The molecule has 1 aromatic rings. The second kappa shape index (κ2) is 3.80. The molecular formula is C10H10N2O4. The lowest BCUT2D eigenvalue weighted by Gasteiger charge is -2.07. The number of anilines is 1. The number of amides is 1. The number of carbonyl (C=O) groups excluding carboxylic acids is 2. The van der Waals surface area contributed by atoms with Gasteiger partial charge in [0.05, 0.1) is 26.2 Å². The van der Waals surface area contributed by atoms with E-state index in [1.54, 1.807) is 0 Å². The first-order valence-electron chi connectivity index (χ1n) is 4.61.